The SMILES string of the molecule is COC(=O)C1=C(N2CCOCC2)C(=O)N(c2ccc(Cl)cc2)C1. The maximum Gasteiger partial charge on any atom is 0.337 e. The van der Waals surface area contributed by atoms with Crippen molar-refractivity contribution < 1.29 is 19.1 Å². The van der Waals surface area contributed by atoms with Crippen LogP contribution in [0.3, 0.4) is 0 Å². The van der Waals surface area contributed by atoms with Gasteiger partial charge in [-0.05, 0) is 24.3 Å². The quantitative estimate of drug-likeness (QED) is 0.782. The molecule has 1 aromatic rings. The van der Waals surface area contributed by atoms with Gasteiger partial charge in [0.15, 0.2) is 0 Å². The van der Waals surface area contributed by atoms with Gasteiger partial charge in [0.05, 0.1) is 32.4 Å². The zero-order chi connectivity index (χ0) is 16.4. The van der Waals surface area contributed by atoms with Crippen LogP contribution in [0, 0.1) is 0 Å². The molecule has 6 nitrogen and oxygen atoms in total. The summed E-state index contributed by atoms with van der Waals surface area (Å²) in [5, 5.41) is 0.593. The van der Waals surface area contributed by atoms with E-state index in [4.69, 9.17) is 21.1 Å². The second kappa shape index (κ2) is 6.60. The minimum atomic E-state index is -0.476. The number of rotatable bonds is 3. The van der Waals surface area contributed by atoms with Crippen LogP contribution in [0.4, 0.5) is 5.69 Å². The summed E-state index contributed by atoms with van der Waals surface area (Å²) in [7, 11) is 1.32. The molecule has 0 bridgehead atoms. The Labute approximate surface area is 139 Å². The molecular formula is C16H17ClN2O4. The average molecular weight is 337 g/mol. The first kappa shape index (κ1) is 15.8. The van der Waals surface area contributed by atoms with Gasteiger partial charge in [-0.1, -0.05) is 11.6 Å². The van der Waals surface area contributed by atoms with E-state index in [-0.39, 0.29) is 12.5 Å². The van der Waals surface area contributed by atoms with Crippen LogP contribution in [0.25, 0.3) is 0 Å². The van der Waals surface area contributed by atoms with Crippen LogP contribution in [0.5, 0.6) is 0 Å². The molecule has 2 aliphatic rings. The predicted molar refractivity (Wildman–Crippen MR) is 85.2 cm³/mol. The normalized spacial score (nSPS) is 18.6. The highest BCUT2D eigenvalue weighted by Gasteiger charge is 2.38. The van der Waals surface area contributed by atoms with Crippen LogP contribution >= 0.6 is 11.6 Å². The Kier molecular flexibility index (Phi) is 4.54. The number of carbonyl (C=O) groups excluding carboxylic acids is 2. The number of esters is 1. The van der Waals surface area contributed by atoms with Crippen molar-refractivity contribution in [3.63, 3.8) is 0 Å². The van der Waals surface area contributed by atoms with E-state index in [9.17, 15) is 9.59 Å². The fraction of sp³-hybridized carbons (Fsp3) is 0.375. The molecule has 1 amide bonds. The Morgan fingerprint density at radius 3 is 2.48 bits per heavy atom. The van der Waals surface area contributed by atoms with Gasteiger partial charge in [0.2, 0.25) is 0 Å². The summed E-state index contributed by atoms with van der Waals surface area (Å²) in [6.07, 6.45) is 0. The van der Waals surface area contributed by atoms with Gasteiger partial charge in [-0.2, -0.15) is 0 Å². The number of methoxy groups -OCH3 is 1. The van der Waals surface area contributed by atoms with Crippen molar-refractivity contribution in [2.75, 3.05) is 44.9 Å². The molecule has 1 saturated heterocycles. The van der Waals surface area contributed by atoms with Crippen molar-refractivity contribution >= 4 is 29.2 Å². The first-order valence-electron chi connectivity index (χ1n) is 7.33. The highest BCUT2D eigenvalue weighted by atomic mass is 35.5. The summed E-state index contributed by atoms with van der Waals surface area (Å²) < 4.78 is 10.2. The molecule has 2 heterocycles. The summed E-state index contributed by atoms with van der Waals surface area (Å²) in [5.74, 6) is -0.675. The Balaban J connectivity index is 1.93. The maximum absolute atomic E-state index is 12.9. The molecule has 0 atom stereocenters. The summed E-state index contributed by atoms with van der Waals surface area (Å²) in [6.45, 7) is 2.42. The molecule has 0 unspecified atom stereocenters. The van der Waals surface area contributed by atoms with E-state index in [0.717, 1.165) is 0 Å². The molecule has 2 aliphatic heterocycles. The molecule has 122 valence electrons. The molecule has 1 aromatic carbocycles. The molecule has 0 radical (unpaired) electrons. The summed E-state index contributed by atoms with van der Waals surface area (Å²) in [4.78, 5) is 28.4. The van der Waals surface area contributed by atoms with E-state index < -0.39 is 5.97 Å². The molecule has 0 spiro atoms. The summed E-state index contributed by atoms with van der Waals surface area (Å²) in [6, 6.07) is 6.96. The van der Waals surface area contributed by atoms with Crippen molar-refractivity contribution in [2.24, 2.45) is 0 Å². The predicted octanol–water partition coefficient (Wildman–Crippen LogP) is 1.45. The lowest BCUT2D eigenvalue weighted by Crippen LogP contribution is -2.40. The van der Waals surface area contributed by atoms with Gasteiger partial charge < -0.3 is 19.3 Å². The second-order valence-corrected chi connectivity index (χ2v) is 5.72. The van der Waals surface area contributed by atoms with Crippen molar-refractivity contribution in [3.8, 4) is 0 Å². The molecule has 0 saturated carbocycles. The third-order valence-electron chi connectivity index (χ3n) is 3.95. The number of anilines is 1. The summed E-state index contributed by atoms with van der Waals surface area (Å²) in [5.41, 5.74) is 1.49. The van der Waals surface area contributed by atoms with Gasteiger partial charge in [-0.25, -0.2) is 4.79 Å². The van der Waals surface area contributed by atoms with E-state index in [0.29, 0.717) is 48.3 Å². The van der Waals surface area contributed by atoms with Gasteiger partial charge in [-0.15, -0.1) is 0 Å². The lowest BCUT2D eigenvalue weighted by atomic mass is 10.2. The van der Waals surface area contributed by atoms with Crippen LogP contribution in [-0.2, 0) is 19.1 Å². The fourth-order valence-corrected chi connectivity index (χ4v) is 2.91. The topological polar surface area (TPSA) is 59.1 Å². The lowest BCUT2D eigenvalue weighted by Gasteiger charge is -2.29. The van der Waals surface area contributed by atoms with Crippen molar-refractivity contribution in [2.45, 2.75) is 0 Å². The van der Waals surface area contributed by atoms with Crippen LogP contribution in [0.1, 0.15) is 0 Å². The average Bonchev–Trinajstić information content (AvgIpc) is 2.93. The van der Waals surface area contributed by atoms with Crippen molar-refractivity contribution in [3.05, 3.63) is 40.6 Å². The van der Waals surface area contributed by atoms with Crippen LogP contribution < -0.4 is 4.90 Å². The van der Waals surface area contributed by atoms with E-state index in [1.54, 1.807) is 29.2 Å². The van der Waals surface area contributed by atoms with Crippen molar-refractivity contribution in [1.82, 2.24) is 4.90 Å². The molecule has 1 fully saturated rings. The highest BCUT2D eigenvalue weighted by molar-refractivity contribution is 6.30. The van der Waals surface area contributed by atoms with Gasteiger partial charge >= 0.3 is 5.97 Å². The number of halogens is 1. The number of morpholine rings is 1. The van der Waals surface area contributed by atoms with Crippen LogP contribution in [0.15, 0.2) is 35.5 Å². The minimum absolute atomic E-state index is 0.194. The van der Waals surface area contributed by atoms with E-state index in [1.165, 1.54) is 7.11 Å². The second-order valence-electron chi connectivity index (χ2n) is 5.29. The highest BCUT2D eigenvalue weighted by Crippen LogP contribution is 2.29. The van der Waals surface area contributed by atoms with Crippen LogP contribution in [0.2, 0.25) is 5.02 Å². The summed E-state index contributed by atoms with van der Waals surface area (Å²) >= 11 is 5.90. The van der Waals surface area contributed by atoms with Gasteiger partial charge in [0.1, 0.15) is 5.70 Å². The zero-order valence-electron chi connectivity index (χ0n) is 12.8. The number of ether oxygens (including phenoxy) is 2. The number of hydrogen-bond acceptors (Lipinski definition) is 5. The zero-order valence-corrected chi connectivity index (χ0v) is 13.5. The molecule has 0 aliphatic carbocycles. The third kappa shape index (κ3) is 3.04. The number of carbonyl (C=O) groups is 2. The van der Waals surface area contributed by atoms with Gasteiger partial charge in [-0.3, -0.25) is 4.79 Å². The first-order valence-corrected chi connectivity index (χ1v) is 7.71. The number of nitrogens with zero attached hydrogens (tertiary/aromatic N) is 2. The molecule has 7 heteroatoms. The number of hydrogen-bond donors (Lipinski definition) is 0. The molecule has 23 heavy (non-hydrogen) atoms. The maximum atomic E-state index is 12.9. The monoisotopic (exact) mass is 336 g/mol. The molecule has 3 rings (SSSR count). The number of amides is 1. The minimum Gasteiger partial charge on any atom is -0.466 e. The van der Waals surface area contributed by atoms with E-state index in [1.807, 2.05) is 4.90 Å². The molecular weight excluding hydrogens is 320 g/mol. The fourth-order valence-electron chi connectivity index (χ4n) is 2.79. The standard InChI is InChI=1S/C16H17ClN2O4/c1-22-16(21)13-10-19(12-4-2-11(17)3-5-12)15(20)14(13)18-6-8-23-9-7-18/h2-5H,6-10H2,1H3. The third-order valence-corrected chi connectivity index (χ3v) is 4.20. The molecule has 0 N–H and O–H groups in total. The Bertz CT molecular complexity index is 651. The Morgan fingerprint density at radius 2 is 1.87 bits per heavy atom. The van der Waals surface area contributed by atoms with Gasteiger partial charge in [0.25, 0.3) is 5.91 Å². The Hall–Kier alpha value is -2.05. The molecule has 0 aromatic heterocycles. The smallest absolute Gasteiger partial charge is 0.337 e. The first-order chi connectivity index (χ1) is 11.1. The van der Waals surface area contributed by atoms with E-state index in [2.05, 4.69) is 0 Å². The Morgan fingerprint density at radius 1 is 1.22 bits per heavy atom. The van der Waals surface area contributed by atoms with Crippen molar-refractivity contribution in [1.29, 1.82) is 0 Å². The largest absolute Gasteiger partial charge is 0.466 e. The number of benzene rings is 1. The van der Waals surface area contributed by atoms with E-state index >= 15 is 0 Å². The van der Waals surface area contributed by atoms with Gasteiger partial charge in [0, 0.05) is 23.8 Å². The lowest BCUT2D eigenvalue weighted by molar-refractivity contribution is -0.136. The van der Waals surface area contributed by atoms with Crippen LogP contribution in [-0.4, -0.2) is 56.7 Å².